The second kappa shape index (κ2) is 15.1. The third-order valence-corrected chi connectivity index (χ3v) is 8.53. The normalized spacial score (nSPS) is 16.0. The monoisotopic (exact) mass is 605 g/mol. The predicted molar refractivity (Wildman–Crippen MR) is 176 cm³/mol. The summed E-state index contributed by atoms with van der Waals surface area (Å²) in [6.45, 7) is 1.99. The van der Waals surface area contributed by atoms with Crippen molar-refractivity contribution in [2.75, 3.05) is 25.1 Å². The minimum atomic E-state index is -0.378. The number of non-ortho nitro benzene ring substituents is 1. The van der Waals surface area contributed by atoms with Gasteiger partial charge in [-0.3, -0.25) is 19.7 Å². The Morgan fingerprint density at radius 3 is 2.27 bits per heavy atom. The van der Waals surface area contributed by atoms with Crippen molar-refractivity contribution in [2.24, 2.45) is 5.92 Å². The molecule has 4 aromatic rings. The molecule has 8 heteroatoms. The SMILES string of the molecule is COC(=O)C[C@@H]1C[C@@H](CCN(Cc2ccccc2)c2cccc(-c3cccc([N+](=O)[O-])c3)c2)N(CCCc2ccccc2)C1=O. The van der Waals surface area contributed by atoms with Crippen LogP contribution in [0.25, 0.3) is 11.1 Å². The summed E-state index contributed by atoms with van der Waals surface area (Å²) >= 11 is 0. The molecule has 4 aromatic carbocycles. The zero-order chi connectivity index (χ0) is 31.6. The lowest BCUT2D eigenvalue weighted by atomic mass is 9.99. The van der Waals surface area contributed by atoms with Crippen LogP contribution in [0, 0.1) is 16.0 Å². The Hall–Kier alpha value is -4.98. The topological polar surface area (TPSA) is 93.0 Å². The van der Waals surface area contributed by atoms with E-state index in [1.54, 1.807) is 12.1 Å². The number of ether oxygens (including phenoxy) is 1. The molecule has 0 N–H and O–H groups in total. The largest absolute Gasteiger partial charge is 0.469 e. The highest BCUT2D eigenvalue weighted by Crippen LogP contribution is 2.32. The number of rotatable bonds is 14. The molecule has 1 amide bonds. The number of aryl methyl sites for hydroxylation is 1. The van der Waals surface area contributed by atoms with Gasteiger partial charge in [-0.25, -0.2) is 0 Å². The molecule has 0 saturated carbocycles. The molecule has 5 rings (SSSR count). The van der Waals surface area contributed by atoms with Crippen LogP contribution >= 0.6 is 0 Å². The van der Waals surface area contributed by atoms with Crippen LogP contribution < -0.4 is 4.90 Å². The first kappa shape index (κ1) is 31.4. The molecular weight excluding hydrogens is 566 g/mol. The first-order valence-electron chi connectivity index (χ1n) is 15.5. The maximum absolute atomic E-state index is 13.5. The zero-order valence-corrected chi connectivity index (χ0v) is 25.6. The number of nitrogens with zero attached hydrogens (tertiary/aromatic N) is 3. The van der Waals surface area contributed by atoms with Crippen molar-refractivity contribution in [3.63, 3.8) is 0 Å². The average Bonchev–Trinajstić information content (AvgIpc) is 3.37. The summed E-state index contributed by atoms with van der Waals surface area (Å²) in [5, 5.41) is 11.4. The molecule has 1 fully saturated rings. The molecule has 0 spiro atoms. The summed E-state index contributed by atoms with van der Waals surface area (Å²) in [6, 6.07) is 35.2. The highest BCUT2D eigenvalue weighted by atomic mass is 16.6. The van der Waals surface area contributed by atoms with Crippen molar-refractivity contribution in [1.82, 2.24) is 4.90 Å². The average molecular weight is 606 g/mol. The van der Waals surface area contributed by atoms with Gasteiger partial charge in [0.1, 0.15) is 0 Å². The Balaban J connectivity index is 1.36. The van der Waals surface area contributed by atoms with Crippen LogP contribution in [0.2, 0.25) is 0 Å². The number of carbonyl (C=O) groups is 2. The maximum atomic E-state index is 13.5. The molecule has 0 aromatic heterocycles. The van der Waals surface area contributed by atoms with E-state index in [0.29, 0.717) is 26.1 Å². The van der Waals surface area contributed by atoms with Gasteiger partial charge in [0.2, 0.25) is 5.91 Å². The van der Waals surface area contributed by atoms with Gasteiger partial charge in [-0.1, -0.05) is 84.9 Å². The summed E-state index contributed by atoms with van der Waals surface area (Å²) in [6.07, 6.45) is 3.18. The van der Waals surface area contributed by atoms with E-state index in [9.17, 15) is 19.7 Å². The van der Waals surface area contributed by atoms with Gasteiger partial charge in [0.25, 0.3) is 5.69 Å². The first-order valence-corrected chi connectivity index (χ1v) is 15.5. The van der Waals surface area contributed by atoms with Gasteiger partial charge >= 0.3 is 5.97 Å². The second-order valence-corrected chi connectivity index (χ2v) is 11.5. The van der Waals surface area contributed by atoms with E-state index >= 15 is 0 Å². The third kappa shape index (κ3) is 8.35. The van der Waals surface area contributed by atoms with Crippen LogP contribution in [0.5, 0.6) is 0 Å². The van der Waals surface area contributed by atoms with Crippen molar-refractivity contribution in [1.29, 1.82) is 0 Å². The van der Waals surface area contributed by atoms with E-state index in [1.807, 2.05) is 59.5 Å². The van der Waals surface area contributed by atoms with Crippen LogP contribution in [0.4, 0.5) is 11.4 Å². The van der Waals surface area contributed by atoms with Crippen LogP contribution in [0.1, 0.15) is 36.8 Å². The Labute approximate surface area is 264 Å². The number of nitro groups is 1. The molecule has 2 atom stereocenters. The fourth-order valence-corrected chi connectivity index (χ4v) is 6.18. The van der Waals surface area contributed by atoms with Gasteiger partial charge in [0, 0.05) is 43.5 Å². The second-order valence-electron chi connectivity index (χ2n) is 11.5. The lowest BCUT2D eigenvalue weighted by Gasteiger charge is -2.30. The van der Waals surface area contributed by atoms with E-state index in [-0.39, 0.29) is 40.9 Å². The molecule has 0 radical (unpaired) electrons. The van der Waals surface area contributed by atoms with Crippen molar-refractivity contribution in [3.8, 4) is 11.1 Å². The van der Waals surface area contributed by atoms with E-state index in [0.717, 1.165) is 41.6 Å². The maximum Gasteiger partial charge on any atom is 0.306 e. The van der Waals surface area contributed by atoms with Gasteiger partial charge in [-0.05, 0) is 60.1 Å². The lowest BCUT2D eigenvalue weighted by Crippen LogP contribution is -2.37. The molecular formula is C37H39N3O5. The van der Waals surface area contributed by atoms with Gasteiger partial charge in [-0.2, -0.15) is 0 Å². The number of nitro benzene ring substituents is 1. The number of hydrogen-bond acceptors (Lipinski definition) is 6. The molecule has 1 heterocycles. The van der Waals surface area contributed by atoms with Crippen molar-refractivity contribution < 1.29 is 19.2 Å². The van der Waals surface area contributed by atoms with Gasteiger partial charge < -0.3 is 14.5 Å². The van der Waals surface area contributed by atoms with Crippen LogP contribution in [0.3, 0.4) is 0 Å². The number of hydrogen-bond donors (Lipinski definition) is 0. The van der Waals surface area contributed by atoms with E-state index < -0.39 is 0 Å². The standard InChI is InChI=1S/C37H39N3O5/c1-45-36(41)26-32-25-34(39(37(32)42)21-10-15-28-11-4-2-5-12-28)20-22-38(27-29-13-6-3-7-14-29)33-18-8-16-30(23-33)31-17-9-19-35(24-31)40(43)44/h2-9,11-14,16-19,23-24,32,34H,10,15,20-22,25-27H2,1H3/t32-,34+/m0/s1. The lowest BCUT2D eigenvalue weighted by molar-refractivity contribution is -0.384. The van der Waals surface area contributed by atoms with E-state index in [2.05, 4.69) is 41.3 Å². The predicted octanol–water partition coefficient (Wildman–Crippen LogP) is 7.07. The summed E-state index contributed by atoms with van der Waals surface area (Å²) in [5.41, 5.74) is 5.12. The Bertz CT molecular complexity index is 1590. The highest BCUT2D eigenvalue weighted by molar-refractivity contribution is 5.86. The Morgan fingerprint density at radius 2 is 1.58 bits per heavy atom. The van der Waals surface area contributed by atoms with Gasteiger partial charge in [0.05, 0.1) is 24.4 Å². The van der Waals surface area contributed by atoms with E-state index in [1.165, 1.54) is 18.7 Å². The summed E-state index contributed by atoms with van der Waals surface area (Å²) in [7, 11) is 1.36. The third-order valence-electron chi connectivity index (χ3n) is 8.53. The molecule has 0 aliphatic carbocycles. The number of carbonyl (C=O) groups excluding carboxylic acids is 2. The minimum Gasteiger partial charge on any atom is -0.469 e. The van der Waals surface area contributed by atoms with Crippen LogP contribution in [-0.2, 0) is 27.3 Å². The molecule has 45 heavy (non-hydrogen) atoms. The van der Waals surface area contributed by atoms with Crippen molar-refractivity contribution in [2.45, 2.75) is 44.7 Å². The Morgan fingerprint density at radius 1 is 0.911 bits per heavy atom. The fourth-order valence-electron chi connectivity index (χ4n) is 6.18. The molecule has 1 saturated heterocycles. The molecule has 1 aliphatic rings. The number of esters is 1. The van der Waals surface area contributed by atoms with E-state index in [4.69, 9.17) is 4.74 Å². The zero-order valence-electron chi connectivity index (χ0n) is 25.6. The smallest absolute Gasteiger partial charge is 0.306 e. The minimum absolute atomic E-state index is 0.00107. The Kier molecular flexibility index (Phi) is 10.6. The molecule has 0 bridgehead atoms. The summed E-state index contributed by atoms with van der Waals surface area (Å²) < 4.78 is 4.91. The highest BCUT2D eigenvalue weighted by Gasteiger charge is 2.40. The number of benzene rings is 4. The summed E-state index contributed by atoms with van der Waals surface area (Å²) in [5.74, 6) is -0.707. The number of anilines is 1. The van der Waals surface area contributed by atoms with Crippen molar-refractivity contribution in [3.05, 3.63) is 130 Å². The van der Waals surface area contributed by atoms with Gasteiger partial charge in [-0.15, -0.1) is 0 Å². The summed E-state index contributed by atoms with van der Waals surface area (Å²) in [4.78, 5) is 41.0. The van der Waals surface area contributed by atoms with Gasteiger partial charge in [0.15, 0.2) is 0 Å². The molecule has 8 nitrogen and oxygen atoms in total. The number of methoxy groups -OCH3 is 1. The molecule has 1 aliphatic heterocycles. The molecule has 0 unspecified atom stereocenters. The van der Waals surface area contributed by atoms with Crippen LogP contribution in [0.15, 0.2) is 109 Å². The molecule has 232 valence electrons. The number of amides is 1. The quantitative estimate of drug-likeness (QED) is 0.0867. The fraction of sp³-hybridized carbons (Fsp3) is 0.297. The number of likely N-dealkylation sites (tertiary alicyclic amines) is 1. The first-order chi connectivity index (χ1) is 21.9. The van der Waals surface area contributed by atoms with Crippen molar-refractivity contribution >= 4 is 23.3 Å². The van der Waals surface area contributed by atoms with Crippen LogP contribution in [-0.4, -0.2) is 47.9 Å².